The van der Waals surface area contributed by atoms with Crippen molar-refractivity contribution >= 4 is 0 Å². The zero-order valence-electron chi connectivity index (χ0n) is 14.2. The molecular weight excluding hydrogens is 340 g/mol. The minimum absolute atomic E-state index is 0.286. The van der Waals surface area contributed by atoms with Crippen LogP contribution >= 0.6 is 0 Å². The lowest BCUT2D eigenvalue weighted by Crippen LogP contribution is -2.61. The van der Waals surface area contributed by atoms with Crippen LogP contribution in [0.15, 0.2) is 0 Å². The van der Waals surface area contributed by atoms with Crippen LogP contribution in [0.2, 0.25) is 0 Å². The van der Waals surface area contributed by atoms with Crippen molar-refractivity contribution in [3.63, 3.8) is 0 Å². The van der Waals surface area contributed by atoms with Crippen LogP contribution in [0.25, 0.3) is 0 Å². The van der Waals surface area contributed by atoms with Crippen LogP contribution in [-0.2, 0) is 18.9 Å². The standard InChI is InChI=1S/C15H28O10/c1-3-4-22-14-11(21)13(8(18)7(5-16)23-14)25-15-10(20)9(19)12(24-15)6(2)17/h6-21H,3-5H2,1-2H3/t6?,7-,8-,9+,10+,11-,12-,13+,14-,15+/m1/s1. The molecule has 25 heavy (non-hydrogen) atoms. The molecule has 10 atom stereocenters. The molecule has 2 fully saturated rings. The molecule has 10 heteroatoms. The van der Waals surface area contributed by atoms with Crippen LogP contribution in [0.4, 0.5) is 0 Å². The first kappa shape index (κ1) is 20.9. The molecule has 0 spiro atoms. The number of aliphatic hydroxyl groups excluding tert-OH is 6. The second-order valence-corrected chi connectivity index (χ2v) is 6.37. The number of aliphatic hydroxyl groups is 6. The fourth-order valence-corrected chi connectivity index (χ4v) is 2.92. The fourth-order valence-electron chi connectivity index (χ4n) is 2.92. The smallest absolute Gasteiger partial charge is 0.187 e. The van der Waals surface area contributed by atoms with E-state index >= 15 is 0 Å². The summed E-state index contributed by atoms with van der Waals surface area (Å²) >= 11 is 0. The normalized spacial score (nSPS) is 46.3. The van der Waals surface area contributed by atoms with Crippen molar-refractivity contribution in [2.45, 2.75) is 81.7 Å². The molecule has 0 aromatic rings. The van der Waals surface area contributed by atoms with Gasteiger partial charge in [0.15, 0.2) is 12.6 Å². The van der Waals surface area contributed by atoms with E-state index in [2.05, 4.69) is 0 Å². The van der Waals surface area contributed by atoms with Gasteiger partial charge in [0.2, 0.25) is 0 Å². The fraction of sp³-hybridized carbons (Fsp3) is 1.00. The Morgan fingerprint density at radius 2 is 1.64 bits per heavy atom. The molecule has 0 aliphatic carbocycles. The van der Waals surface area contributed by atoms with Crippen LogP contribution in [-0.4, -0.2) is 105 Å². The van der Waals surface area contributed by atoms with Gasteiger partial charge in [-0.3, -0.25) is 0 Å². The number of hydrogen-bond acceptors (Lipinski definition) is 10. The summed E-state index contributed by atoms with van der Waals surface area (Å²) in [5.41, 5.74) is 0. The first-order valence-electron chi connectivity index (χ1n) is 8.41. The molecule has 0 radical (unpaired) electrons. The summed E-state index contributed by atoms with van der Waals surface area (Å²) in [6.45, 7) is 3.00. The quantitative estimate of drug-likeness (QED) is 0.275. The van der Waals surface area contributed by atoms with Crippen molar-refractivity contribution in [3.05, 3.63) is 0 Å². The van der Waals surface area contributed by atoms with Gasteiger partial charge in [-0.15, -0.1) is 0 Å². The van der Waals surface area contributed by atoms with E-state index in [0.29, 0.717) is 6.42 Å². The highest BCUT2D eigenvalue weighted by molar-refractivity contribution is 4.94. The van der Waals surface area contributed by atoms with Gasteiger partial charge in [0.25, 0.3) is 0 Å². The van der Waals surface area contributed by atoms with Crippen LogP contribution in [0, 0.1) is 0 Å². The van der Waals surface area contributed by atoms with E-state index in [-0.39, 0.29) is 6.61 Å². The van der Waals surface area contributed by atoms with Crippen molar-refractivity contribution < 1.29 is 49.6 Å². The monoisotopic (exact) mass is 368 g/mol. The lowest BCUT2D eigenvalue weighted by molar-refractivity contribution is -0.331. The van der Waals surface area contributed by atoms with E-state index in [1.54, 1.807) is 0 Å². The van der Waals surface area contributed by atoms with Crippen LogP contribution in [0.3, 0.4) is 0 Å². The SMILES string of the molecule is CCCO[C@@H]1O[C@H](CO)[C@@H](O)[C@H](O[C@@H]2O[C@H](C(C)O)[C@@H](O)[C@@H]2O)[C@H]1O. The molecule has 6 N–H and O–H groups in total. The minimum atomic E-state index is -1.48. The van der Waals surface area contributed by atoms with Gasteiger partial charge in [-0.1, -0.05) is 6.92 Å². The molecule has 0 bridgehead atoms. The van der Waals surface area contributed by atoms with Crippen LogP contribution in [0.5, 0.6) is 0 Å². The van der Waals surface area contributed by atoms with Crippen molar-refractivity contribution in [2.75, 3.05) is 13.2 Å². The van der Waals surface area contributed by atoms with Gasteiger partial charge in [0.1, 0.15) is 42.7 Å². The molecule has 1 unspecified atom stereocenters. The topological polar surface area (TPSA) is 158 Å². The molecule has 2 saturated heterocycles. The average Bonchev–Trinajstić information content (AvgIpc) is 2.86. The Labute approximate surface area is 145 Å². The van der Waals surface area contributed by atoms with Gasteiger partial charge in [0, 0.05) is 6.61 Å². The molecule has 10 nitrogen and oxygen atoms in total. The maximum absolute atomic E-state index is 10.4. The summed E-state index contributed by atoms with van der Waals surface area (Å²) in [6, 6.07) is 0. The lowest BCUT2D eigenvalue weighted by Gasteiger charge is -2.42. The number of rotatable bonds is 7. The van der Waals surface area contributed by atoms with Crippen LogP contribution < -0.4 is 0 Å². The Morgan fingerprint density at radius 3 is 2.16 bits per heavy atom. The molecular formula is C15H28O10. The zero-order chi connectivity index (χ0) is 18.7. The highest BCUT2D eigenvalue weighted by Gasteiger charge is 2.51. The van der Waals surface area contributed by atoms with E-state index in [1.807, 2.05) is 6.92 Å². The second kappa shape index (κ2) is 9.00. The highest BCUT2D eigenvalue weighted by atomic mass is 16.7. The number of ether oxygens (including phenoxy) is 4. The lowest BCUT2D eigenvalue weighted by atomic mass is 9.98. The second-order valence-electron chi connectivity index (χ2n) is 6.37. The molecule has 148 valence electrons. The maximum atomic E-state index is 10.4. The molecule has 2 aliphatic rings. The summed E-state index contributed by atoms with van der Waals surface area (Å²) < 4.78 is 21.4. The Balaban J connectivity index is 2.09. The van der Waals surface area contributed by atoms with E-state index in [9.17, 15) is 30.6 Å². The van der Waals surface area contributed by atoms with Gasteiger partial charge < -0.3 is 49.6 Å². The van der Waals surface area contributed by atoms with Gasteiger partial charge >= 0.3 is 0 Å². The first-order chi connectivity index (χ1) is 11.8. The molecule has 0 aromatic carbocycles. The summed E-state index contributed by atoms with van der Waals surface area (Å²) in [4.78, 5) is 0. The zero-order valence-corrected chi connectivity index (χ0v) is 14.2. The van der Waals surface area contributed by atoms with Crippen LogP contribution in [0.1, 0.15) is 20.3 Å². The average molecular weight is 368 g/mol. The van der Waals surface area contributed by atoms with Gasteiger partial charge in [-0.05, 0) is 13.3 Å². The molecule has 0 saturated carbocycles. The predicted molar refractivity (Wildman–Crippen MR) is 81.2 cm³/mol. The third kappa shape index (κ3) is 4.48. The Hall–Kier alpha value is -0.400. The molecule has 2 heterocycles. The van der Waals surface area contributed by atoms with E-state index < -0.39 is 68.0 Å². The van der Waals surface area contributed by atoms with Crippen molar-refractivity contribution in [3.8, 4) is 0 Å². The summed E-state index contributed by atoms with van der Waals surface area (Å²) in [7, 11) is 0. The predicted octanol–water partition coefficient (Wildman–Crippen LogP) is -2.94. The van der Waals surface area contributed by atoms with Gasteiger partial charge in [0.05, 0.1) is 12.7 Å². The maximum Gasteiger partial charge on any atom is 0.187 e. The summed E-state index contributed by atoms with van der Waals surface area (Å²) in [5, 5.41) is 59.4. The van der Waals surface area contributed by atoms with Gasteiger partial charge in [-0.25, -0.2) is 0 Å². The van der Waals surface area contributed by atoms with E-state index in [1.165, 1.54) is 6.92 Å². The minimum Gasteiger partial charge on any atom is -0.394 e. The summed E-state index contributed by atoms with van der Waals surface area (Å²) in [6.07, 6.45) is -12.1. The first-order valence-corrected chi connectivity index (χ1v) is 8.41. The third-order valence-corrected chi connectivity index (χ3v) is 4.33. The molecule has 0 aromatic heterocycles. The number of hydrogen-bond donors (Lipinski definition) is 6. The third-order valence-electron chi connectivity index (χ3n) is 4.33. The van der Waals surface area contributed by atoms with Crippen molar-refractivity contribution in [1.82, 2.24) is 0 Å². The highest BCUT2D eigenvalue weighted by Crippen LogP contribution is 2.30. The van der Waals surface area contributed by atoms with Crippen molar-refractivity contribution in [1.29, 1.82) is 0 Å². The van der Waals surface area contributed by atoms with E-state index in [0.717, 1.165) is 0 Å². The Morgan fingerprint density at radius 1 is 0.960 bits per heavy atom. The summed E-state index contributed by atoms with van der Waals surface area (Å²) in [5.74, 6) is 0. The molecule has 2 aliphatic heterocycles. The molecule has 0 amide bonds. The van der Waals surface area contributed by atoms with Crippen molar-refractivity contribution in [2.24, 2.45) is 0 Å². The van der Waals surface area contributed by atoms with E-state index in [4.69, 9.17) is 18.9 Å². The molecule has 2 rings (SSSR count). The van der Waals surface area contributed by atoms with Gasteiger partial charge in [-0.2, -0.15) is 0 Å². The largest absolute Gasteiger partial charge is 0.394 e. The Kier molecular flexibility index (Phi) is 7.52. The Bertz CT molecular complexity index is 408.